The van der Waals surface area contributed by atoms with Gasteiger partial charge in [0, 0.05) is 19.1 Å². The van der Waals surface area contributed by atoms with Gasteiger partial charge in [0.15, 0.2) is 5.65 Å². The lowest BCUT2D eigenvalue weighted by molar-refractivity contribution is 0.0549. The van der Waals surface area contributed by atoms with Gasteiger partial charge in [-0.25, -0.2) is 4.98 Å². The summed E-state index contributed by atoms with van der Waals surface area (Å²) in [4.78, 5) is 22.6. The zero-order valence-electron chi connectivity index (χ0n) is 15.7. The minimum absolute atomic E-state index is 0.0822. The van der Waals surface area contributed by atoms with Gasteiger partial charge in [-0.3, -0.25) is 14.4 Å². The quantitative estimate of drug-likeness (QED) is 0.927. The molecule has 0 amide bonds. The molecule has 25 heavy (non-hydrogen) atoms. The second-order valence-electron chi connectivity index (χ2n) is 8.99. The monoisotopic (exact) mass is 343 g/mol. The summed E-state index contributed by atoms with van der Waals surface area (Å²) in [7, 11) is 1.84. The highest BCUT2D eigenvalue weighted by molar-refractivity contribution is 5.72. The van der Waals surface area contributed by atoms with Crippen LogP contribution in [0, 0.1) is 11.3 Å². The van der Waals surface area contributed by atoms with Crippen LogP contribution in [0.3, 0.4) is 0 Å². The van der Waals surface area contributed by atoms with E-state index in [4.69, 9.17) is 4.98 Å². The molecule has 0 aromatic carbocycles. The van der Waals surface area contributed by atoms with Crippen LogP contribution in [-0.2, 0) is 13.6 Å². The van der Waals surface area contributed by atoms with Gasteiger partial charge in [0.1, 0.15) is 11.2 Å². The maximum absolute atomic E-state index is 12.3. The molecule has 0 aliphatic heterocycles. The van der Waals surface area contributed by atoms with Crippen LogP contribution >= 0.6 is 0 Å². The van der Waals surface area contributed by atoms with E-state index in [0.717, 1.165) is 18.3 Å². The summed E-state index contributed by atoms with van der Waals surface area (Å²) in [6.07, 6.45) is 7.91. The molecular weight excluding hydrogens is 314 g/mol. The van der Waals surface area contributed by atoms with Gasteiger partial charge < -0.3 is 4.98 Å². The first-order chi connectivity index (χ1) is 11.8. The second-order valence-corrected chi connectivity index (χ2v) is 8.99. The number of aryl methyl sites for hydroxylation is 1. The Hall–Kier alpha value is -1.69. The van der Waals surface area contributed by atoms with Crippen molar-refractivity contribution < 1.29 is 0 Å². The maximum atomic E-state index is 12.3. The van der Waals surface area contributed by atoms with Crippen molar-refractivity contribution in [2.45, 2.75) is 71.5 Å². The van der Waals surface area contributed by atoms with Crippen molar-refractivity contribution in [2.24, 2.45) is 18.4 Å². The number of aromatic amines is 1. The zero-order chi connectivity index (χ0) is 17.8. The normalized spacial score (nSPS) is 26.4. The lowest BCUT2D eigenvalue weighted by Gasteiger charge is -2.44. The van der Waals surface area contributed by atoms with E-state index in [0.29, 0.717) is 28.5 Å². The maximum Gasteiger partial charge on any atom is 0.262 e. The third kappa shape index (κ3) is 3.36. The molecule has 136 valence electrons. The van der Waals surface area contributed by atoms with Crippen molar-refractivity contribution in [2.75, 3.05) is 0 Å². The molecule has 6 nitrogen and oxygen atoms in total. The van der Waals surface area contributed by atoms with Crippen LogP contribution in [-0.4, -0.2) is 36.7 Å². The van der Waals surface area contributed by atoms with Gasteiger partial charge in [-0.15, -0.1) is 0 Å². The van der Waals surface area contributed by atoms with Gasteiger partial charge in [-0.2, -0.15) is 5.10 Å². The molecule has 2 aromatic rings. The van der Waals surface area contributed by atoms with Crippen LogP contribution < -0.4 is 5.56 Å². The molecule has 2 aromatic heterocycles. The van der Waals surface area contributed by atoms with Crippen molar-refractivity contribution in [1.82, 2.24) is 24.6 Å². The highest BCUT2D eigenvalue weighted by atomic mass is 16.1. The average Bonchev–Trinajstić information content (AvgIpc) is 3.27. The fourth-order valence-corrected chi connectivity index (χ4v) is 4.84. The summed E-state index contributed by atoms with van der Waals surface area (Å²) < 4.78 is 1.68. The zero-order valence-corrected chi connectivity index (χ0v) is 15.7. The minimum atomic E-state index is -0.0822. The molecule has 2 atom stereocenters. The Morgan fingerprint density at radius 2 is 2.08 bits per heavy atom. The fraction of sp³-hybridized carbons (Fsp3) is 0.737. The molecule has 0 saturated heterocycles. The molecular formula is C19H29N5O. The Balaban J connectivity index is 1.62. The van der Waals surface area contributed by atoms with Gasteiger partial charge in [-0.05, 0) is 43.4 Å². The molecule has 1 N–H and O–H groups in total. The van der Waals surface area contributed by atoms with E-state index in [9.17, 15) is 4.79 Å². The summed E-state index contributed by atoms with van der Waals surface area (Å²) >= 11 is 0. The number of aromatic nitrogens is 4. The lowest BCUT2D eigenvalue weighted by Crippen LogP contribution is -2.44. The molecule has 2 saturated carbocycles. The Labute approximate surface area is 148 Å². The van der Waals surface area contributed by atoms with Gasteiger partial charge in [-0.1, -0.05) is 20.8 Å². The number of nitrogens with zero attached hydrogens (tertiary/aromatic N) is 4. The van der Waals surface area contributed by atoms with Crippen LogP contribution in [0.2, 0.25) is 0 Å². The molecule has 2 aliphatic carbocycles. The number of fused-ring (bicyclic) bond motifs is 1. The first-order valence-corrected chi connectivity index (χ1v) is 9.49. The largest absolute Gasteiger partial charge is 0.309 e. The average molecular weight is 343 g/mol. The summed E-state index contributed by atoms with van der Waals surface area (Å²) in [6, 6.07) is 1.23. The van der Waals surface area contributed by atoms with E-state index >= 15 is 0 Å². The highest BCUT2D eigenvalue weighted by Gasteiger charge is 2.40. The Morgan fingerprint density at radius 3 is 2.76 bits per heavy atom. The molecule has 6 heteroatoms. The summed E-state index contributed by atoms with van der Waals surface area (Å²) in [5.41, 5.74) is 0.982. The van der Waals surface area contributed by atoms with Gasteiger partial charge in [0.2, 0.25) is 0 Å². The fourth-order valence-electron chi connectivity index (χ4n) is 4.84. The van der Waals surface area contributed by atoms with E-state index in [-0.39, 0.29) is 5.56 Å². The van der Waals surface area contributed by atoms with Crippen molar-refractivity contribution in [3.05, 3.63) is 22.4 Å². The van der Waals surface area contributed by atoms with E-state index in [1.807, 2.05) is 7.05 Å². The standard InChI is InChI=1S/C19H29N5O/c1-12-7-14(9-19(2,3)8-12)24(13-5-6-13)11-16-21-17-15(18(25)22-16)10-20-23(17)4/h10,12-14H,5-9,11H2,1-4H3,(H,21,22,25)/t12-,14-/m1/s1. The van der Waals surface area contributed by atoms with Crippen LogP contribution in [0.25, 0.3) is 11.0 Å². The van der Waals surface area contributed by atoms with Gasteiger partial charge in [0.05, 0.1) is 12.7 Å². The summed E-state index contributed by atoms with van der Waals surface area (Å²) in [5.74, 6) is 1.52. The molecule has 2 heterocycles. The van der Waals surface area contributed by atoms with Crippen LogP contribution in [0.1, 0.15) is 58.7 Å². The van der Waals surface area contributed by atoms with Crippen LogP contribution in [0.15, 0.2) is 11.0 Å². The second kappa shape index (κ2) is 5.94. The van der Waals surface area contributed by atoms with Crippen molar-refractivity contribution in [3.63, 3.8) is 0 Å². The predicted molar refractivity (Wildman–Crippen MR) is 98.3 cm³/mol. The molecule has 2 fully saturated rings. The van der Waals surface area contributed by atoms with Crippen LogP contribution in [0.5, 0.6) is 0 Å². The molecule has 4 rings (SSSR count). The van der Waals surface area contributed by atoms with E-state index in [1.165, 1.54) is 32.1 Å². The molecule has 0 bridgehead atoms. The lowest BCUT2D eigenvalue weighted by atomic mass is 9.70. The summed E-state index contributed by atoms with van der Waals surface area (Å²) in [5, 5.41) is 4.73. The first kappa shape index (κ1) is 16.8. The molecule has 0 radical (unpaired) electrons. The van der Waals surface area contributed by atoms with Gasteiger partial charge in [0.25, 0.3) is 5.56 Å². The number of hydrogen-bond acceptors (Lipinski definition) is 4. The topological polar surface area (TPSA) is 66.8 Å². The minimum Gasteiger partial charge on any atom is -0.309 e. The Kier molecular flexibility index (Phi) is 3.98. The molecule has 0 spiro atoms. The number of hydrogen-bond donors (Lipinski definition) is 1. The number of nitrogens with one attached hydrogen (secondary N) is 1. The smallest absolute Gasteiger partial charge is 0.262 e. The van der Waals surface area contributed by atoms with E-state index in [1.54, 1.807) is 10.9 Å². The number of rotatable bonds is 4. The van der Waals surface area contributed by atoms with Crippen molar-refractivity contribution >= 4 is 11.0 Å². The SMILES string of the molecule is C[C@@H]1C[C@@H](N(Cc2nc3c(cnn3C)c(=O)[nH]2)C2CC2)CC(C)(C)C1. The van der Waals surface area contributed by atoms with E-state index in [2.05, 4.69) is 35.8 Å². The molecule has 2 aliphatic rings. The van der Waals surface area contributed by atoms with Crippen molar-refractivity contribution in [1.29, 1.82) is 0 Å². The van der Waals surface area contributed by atoms with Crippen LogP contribution in [0.4, 0.5) is 0 Å². The first-order valence-electron chi connectivity index (χ1n) is 9.49. The third-order valence-corrected chi connectivity index (χ3v) is 5.83. The predicted octanol–water partition coefficient (Wildman–Crippen LogP) is 2.84. The summed E-state index contributed by atoms with van der Waals surface area (Å²) in [6.45, 7) is 7.89. The Morgan fingerprint density at radius 1 is 1.32 bits per heavy atom. The third-order valence-electron chi connectivity index (χ3n) is 5.83. The number of H-pyrrole nitrogens is 1. The highest BCUT2D eigenvalue weighted by Crippen LogP contribution is 2.43. The van der Waals surface area contributed by atoms with Crippen molar-refractivity contribution in [3.8, 4) is 0 Å². The van der Waals surface area contributed by atoms with Gasteiger partial charge >= 0.3 is 0 Å². The Bertz CT molecular complexity index is 832. The van der Waals surface area contributed by atoms with E-state index < -0.39 is 0 Å². The molecule has 0 unspecified atom stereocenters.